The Morgan fingerprint density at radius 1 is 1.00 bits per heavy atom. The zero-order valence-corrected chi connectivity index (χ0v) is 8.13. The molecule has 0 aliphatic rings. The zero-order valence-electron chi connectivity index (χ0n) is 8.13. The predicted octanol–water partition coefficient (Wildman–Crippen LogP) is 1.57. The third-order valence-corrected chi connectivity index (χ3v) is 1.84. The van der Waals surface area contributed by atoms with Crippen molar-refractivity contribution in [2.24, 2.45) is 0 Å². The van der Waals surface area contributed by atoms with Crippen molar-refractivity contribution in [1.82, 2.24) is 0 Å². The molecule has 0 unspecified atom stereocenters. The summed E-state index contributed by atoms with van der Waals surface area (Å²) in [6.45, 7) is 6.16. The van der Waals surface area contributed by atoms with Crippen LogP contribution in [0.15, 0.2) is 18.2 Å². The molecule has 0 aliphatic carbocycles. The highest BCUT2D eigenvalue weighted by molar-refractivity contribution is 5.42. The van der Waals surface area contributed by atoms with Gasteiger partial charge >= 0.3 is 0 Å². The summed E-state index contributed by atoms with van der Waals surface area (Å²) >= 11 is 0. The molecule has 1 rings (SSSR count). The van der Waals surface area contributed by atoms with E-state index in [9.17, 15) is 5.11 Å². The lowest BCUT2D eigenvalue weighted by atomic mass is 9.87. The topological polar surface area (TPSA) is 72.0 Å². The van der Waals surface area contributed by atoms with Crippen LogP contribution in [-0.2, 0) is 5.41 Å². The maximum absolute atomic E-state index is 9.21. The molecule has 74 valence electrons. The van der Waals surface area contributed by atoms with E-state index in [0.29, 0.717) is 0 Å². The number of benzene rings is 1. The summed E-state index contributed by atoms with van der Waals surface area (Å²) in [4.78, 5) is 0. The van der Waals surface area contributed by atoms with Gasteiger partial charge < -0.3 is 15.7 Å². The van der Waals surface area contributed by atoms with Crippen molar-refractivity contribution in [2.45, 2.75) is 26.2 Å². The number of phenols is 2. The Morgan fingerprint density at radius 2 is 1.54 bits per heavy atom. The SMILES string of the molecule is CC(C)(C)c1ccc(O)c(O)c1.O. The molecule has 0 aliphatic heterocycles. The van der Waals surface area contributed by atoms with Gasteiger partial charge in [-0.1, -0.05) is 26.8 Å². The zero-order chi connectivity index (χ0) is 9.35. The monoisotopic (exact) mass is 184 g/mol. The number of aromatic hydroxyl groups is 2. The van der Waals surface area contributed by atoms with Gasteiger partial charge in [-0.3, -0.25) is 0 Å². The van der Waals surface area contributed by atoms with Gasteiger partial charge in [0.15, 0.2) is 11.5 Å². The van der Waals surface area contributed by atoms with Gasteiger partial charge in [-0.05, 0) is 23.1 Å². The molecule has 0 heterocycles. The normalized spacial score (nSPS) is 10.7. The van der Waals surface area contributed by atoms with E-state index in [-0.39, 0.29) is 22.4 Å². The van der Waals surface area contributed by atoms with E-state index in [1.807, 2.05) is 6.07 Å². The molecule has 13 heavy (non-hydrogen) atoms. The van der Waals surface area contributed by atoms with Crippen LogP contribution in [0.4, 0.5) is 0 Å². The molecule has 3 heteroatoms. The van der Waals surface area contributed by atoms with Gasteiger partial charge in [0, 0.05) is 0 Å². The minimum absolute atomic E-state index is 0. The number of hydrogen-bond donors (Lipinski definition) is 2. The Bertz CT molecular complexity index is 287. The number of rotatable bonds is 0. The van der Waals surface area contributed by atoms with Crippen LogP contribution in [0.2, 0.25) is 0 Å². The smallest absolute Gasteiger partial charge is 0.157 e. The fraction of sp³-hybridized carbons (Fsp3) is 0.400. The van der Waals surface area contributed by atoms with Gasteiger partial charge in [-0.15, -0.1) is 0 Å². The highest BCUT2D eigenvalue weighted by Gasteiger charge is 2.14. The van der Waals surface area contributed by atoms with Gasteiger partial charge in [0.1, 0.15) is 0 Å². The molecule has 0 bridgehead atoms. The summed E-state index contributed by atoms with van der Waals surface area (Å²) in [6.07, 6.45) is 0. The van der Waals surface area contributed by atoms with Crippen LogP contribution in [0.3, 0.4) is 0 Å². The van der Waals surface area contributed by atoms with Crippen LogP contribution in [0, 0.1) is 0 Å². The third kappa shape index (κ3) is 2.63. The van der Waals surface area contributed by atoms with Crippen molar-refractivity contribution < 1.29 is 15.7 Å². The van der Waals surface area contributed by atoms with Crippen LogP contribution in [0.5, 0.6) is 11.5 Å². The highest BCUT2D eigenvalue weighted by atomic mass is 16.3. The van der Waals surface area contributed by atoms with E-state index >= 15 is 0 Å². The van der Waals surface area contributed by atoms with E-state index < -0.39 is 0 Å². The maximum atomic E-state index is 9.21. The van der Waals surface area contributed by atoms with Gasteiger partial charge in [0.2, 0.25) is 0 Å². The number of hydrogen-bond acceptors (Lipinski definition) is 2. The molecule has 0 amide bonds. The van der Waals surface area contributed by atoms with Crippen molar-refractivity contribution in [3.63, 3.8) is 0 Å². The van der Waals surface area contributed by atoms with E-state index in [1.165, 1.54) is 6.07 Å². The molecule has 4 N–H and O–H groups in total. The van der Waals surface area contributed by atoms with Crippen LogP contribution >= 0.6 is 0 Å². The predicted molar refractivity (Wildman–Crippen MR) is 52.1 cm³/mol. The summed E-state index contributed by atoms with van der Waals surface area (Å²) in [6, 6.07) is 4.92. The second kappa shape index (κ2) is 3.66. The van der Waals surface area contributed by atoms with Crippen molar-refractivity contribution in [2.75, 3.05) is 0 Å². The minimum atomic E-state index is -0.0667. The molecule has 0 atom stereocenters. The van der Waals surface area contributed by atoms with Crippen molar-refractivity contribution in [3.05, 3.63) is 23.8 Å². The molecule has 0 fully saturated rings. The van der Waals surface area contributed by atoms with E-state index in [4.69, 9.17) is 5.11 Å². The highest BCUT2D eigenvalue weighted by Crippen LogP contribution is 2.30. The second-order valence-corrected chi connectivity index (χ2v) is 3.95. The van der Waals surface area contributed by atoms with E-state index in [2.05, 4.69) is 20.8 Å². The van der Waals surface area contributed by atoms with Crippen LogP contribution in [-0.4, -0.2) is 15.7 Å². The van der Waals surface area contributed by atoms with E-state index in [1.54, 1.807) is 6.07 Å². The Balaban J connectivity index is 0.00000144. The molecule has 0 aromatic heterocycles. The third-order valence-electron chi connectivity index (χ3n) is 1.84. The lowest BCUT2D eigenvalue weighted by Crippen LogP contribution is -2.10. The maximum Gasteiger partial charge on any atom is 0.157 e. The second-order valence-electron chi connectivity index (χ2n) is 3.95. The first kappa shape index (κ1) is 11.8. The first-order valence-electron chi connectivity index (χ1n) is 3.94. The Kier molecular flexibility index (Phi) is 3.32. The van der Waals surface area contributed by atoms with Gasteiger partial charge in [0.25, 0.3) is 0 Å². The van der Waals surface area contributed by atoms with Crippen molar-refractivity contribution in [1.29, 1.82) is 0 Å². The fourth-order valence-corrected chi connectivity index (χ4v) is 0.990. The first-order valence-corrected chi connectivity index (χ1v) is 3.94. The standard InChI is InChI=1S/C10H14O2.H2O/c1-10(2,3)7-4-5-8(11)9(12)6-7;/h4-6,11-12H,1-3H3;1H2. The molecule has 1 aromatic rings. The Labute approximate surface area is 78.0 Å². The van der Waals surface area contributed by atoms with Gasteiger partial charge in [0.05, 0.1) is 0 Å². The molecule has 1 aromatic carbocycles. The molecule has 0 saturated heterocycles. The first-order chi connectivity index (χ1) is 5.41. The Morgan fingerprint density at radius 3 is 1.92 bits per heavy atom. The molecular formula is C10H16O3. The minimum Gasteiger partial charge on any atom is -0.504 e. The Hall–Kier alpha value is -1.22. The molecular weight excluding hydrogens is 168 g/mol. The average Bonchev–Trinajstić information content (AvgIpc) is 1.92. The largest absolute Gasteiger partial charge is 0.504 e. The van der Waals surface area contributed by atoms with Crippen LogP contribution < -0.4 is 0 Å². The molecule has 0 radical (unpaired) electrons. The van der Waals surface area contributed by atoms with E-state index in [0.717, 1.165) is 5.56 Å². The summed E-state index contributed by atoms with van der Waals surface area (Å²) in [5.74, 6) is -0.120. The summed E-state index contributed by atoms with van der Waals surface area (Å²) in [5.41, 5.74) is 1.02. The van der Waals surface area contributed by atoms with Gasteiger partial charge in [-0.25, -0.2) is 0 Å². The fourth-order valence-electron chi connectivity index (χ4n) is 0.990. The quantitative estimate of drug-likeness (QED) is 0.601. The summed E-state index contributed by atoms with van der Waals surface area (Å²) < 4.78 is 0. The van der Waals surface area contributed by atoms with Crippen LogP contribution in [0.25, 0.3) is 0 Å². The van der Waals surface area contributed by atoms with Gasteiger partial charge in [-0.2, -0.15) is 0 Å². The lowest BCUT2D eigenvalue weighted by molar-refractivity contribution is 0.401. The van der Waals surface area contributed by atoms with Crippen molar-refractivity contribution >= 4 is 0 Å². The molecule has 3 nitrogen and oxygen atoms in total. The molecule has 0 saturated carbocycles. The van der Waals surface area contributed by atoms with Crippen LogP contribution in [0.1, 0.15) is 26.3 Å². The molecule has 0 spiro atoms. The summed E-state index contributed by atoms with van der Waals surface area (Å²) in [7, 11) is 0. The lowest BCUT2D eigenvalue weighted by Gasteiger charge is -2.19. The summed E-state index contributed by atoms with van der Waals surface area (Å²) in [5, 5.41) is 18.3. The number of phenolic OH excluding ortho intramolecular Hbond substituents is 2. The van der Waals surface area contributed by atoms with Crippen molar-refractivity contribution in [3.8, 4) is 11.5 Å². The average molecular weight is 184 g/mol.